The van der Waals surface area contributed by atoms with Gasteiger partial charge in [-0.05, 0) is 37.3 Å². The van der Waals surface area contributed by atoms with E-state index in [-0.39, 0.29) is 15.9 Å². The molecule has 4 heterocycles. The molecule has 0 radical (unpaired) electrons. The minimum atomic E-state index is -4.43. The lowest BCUT2D eigenvalue weighted by Gasteiger charge is -2.08. The highest BCUT2D eigenvalue weighted by Gasteiger charge is 2.30. The van der Waals surface area contributed by atoms with Crippen molar-refractivity contribution in [2.24, 2.45) is 5.14 Å². The molecule has 0 aliphatic carbocycles. The van der Waals surface area contributed by atoms with Crippen molar-refractivity contribution in [2.45, 2.75) is 17.3 Å². The average molecular weight is 506 g/mol. The average Bonchev–Trinajstić information content (AvgIpc) is 3.51. The van der Waals surface area contributed by atoms with Crippen LogP contribution in [0.3, 0.4) is 0 Å². The Kier molecular flexibility index (Phi) is 5.03. The second-order valence-electron chi connectivity index (χ2n) is 7.24. The number of primary sulfonamides is 1. The molecule has 14 heteroatoms. The smallest absolute Gasteiger partial charge is 0.333 e. The molecule has 1 aromatic carbocycles. The lowest BCUT2D eigenvalue weighted by molar-refractivity contribution is -0.137. The van der Waals surface area contributed by atoms with E-state index in [0.29, 0.717) is 33.0 Å². The van der Waals surface area contributed by atoms with Crippen LogP contribution in [-0.2, 0) is 16.2 Å². The van der Waals surface area contributed by atoms with Gasteiger partial charge in [0.2, 0.25) is 15.8 Å². The number of aromatic nitrogens is 5. The molecule has 9 nitrogen and oxygen atoms in total. The van der Waals surface area contributed by atoms with Crippen LogP contribution in [0.25, 0.3) is 39.1 Å². The monoisotopic (exact) mass is 506 g/mol. The van der Waals surface area contributed by atoms with Crippen molar-refractivity contribution < 1.29 is 26.1 Å². The summed E-state index contributed by atoms with van der Waals surface area (Å²) in [5.74, 6) is 0.247. The third-order valence-corrected chi connectivity index (χ3v) is 7.42. The van der Waals surface area contributed by atoms with Gasteiger partial charge in [-0.1, -0.05) is 17.3 Å². The lowest BCUT2D eigenvalue weighted by atomic mass is 10.1. The molecule has 0 bridgehead atoms. The first kappa shape index (κ1) is 22.2. The van der Waals surface area contributed by atoms with Crippen molar-refractivity contribution in [1.29, 1.82) is 0 Å². The number of aryl methyl sites for hydroxylation is 1. The normalized spacial score (nSPS) is 12.5. The quantitative estimate of drug-likeness (QED) is 0.388. The fraction of sp³-hybridized carbons (Fsp3) is 0.100. The van der Waals surface area contributed by atoms with E-state index in [0.717, 1.165) is 23.5 Å². The Balaban J connectivity index is 1.54. The highest BCUT2D eigenvalue weighted by molar-refractivity contribution is 7.91. The summed E-state index contributed by atoms with van der Waals surface area (Å²) in [5, 5.41) is 13.3. The fourth-order valence-electron chi connectivity index (χ4n) is 3.27. The van der Waals surface area contributed by atoms with Crippen LogP contribution in [0.15, 0.2) is 57.4 Å². The second kappa shape index (κ2) is 7.72. The van der Waals surface area contributed by atoms with Crippen LogP contribution in [0.2, 0.25) is 0 Å². The largest absolute Gasteiger partial charge is 0.416 e. The van der Waals surface area contributed by atoms with Crippen LogP contribution in [0.5, 0.6) is 0 Å². The molecule has 0 aliphatic rings. The van der Waals surface area contributed by atoms with Crippen LogP contribution < -0.4 is 5.14 Å². The highest BCUT2D eigenvalue weighted by atomic mass is 32.2. The van der Waals surface area contributed by atoms with Gasteiger partial charge in [-0.3, -0.25) is 0 Å². The molecule has 5 aromatic rings. The summed E-state index contributed by atoms with van der Waals surface area (Å²) >= 11 is 0.898. The summed E-state index contributed by atoms with van der Waals surface area (Å²) in [7, 11) is -3.86. The van der Waals surface area contributed by atoms with E-state index < -0.39 is 21.8 Å². The van der Waals surface area contributed by atoms with Gasteiger partial charge >= 0.3 is 6.18 Å². The Hall–Kier alpha value is -3.62. The molecule has 2 N–H and O–H groups in total. The summed E-state index contributed by atoms with van der Waals surface area (Å²) in [6, 6.07) is 9.25. The zero-order valence-corrected chi connectivity index (χ0v) is 18.7. The highest BCUT2D eigenvalue weighted by Crippen LogP contribution is 2.33. The minimum absolute atomic E-state index is 0.0386. The van der Waals surface area contributed by atoms with E-state index in [1.165, 1.54) is 35.0 Å². The maximum absolute atomic E-state index is 12.9. The van der Waals surface area contributed by atoms with E-state index in [1.54, 1.807) is 13.0 Å². The van der Waals surface area contributed by atoms with Crippen LogP contribution >= 0.6 is 11.3 Å². The molecular weight excluding hydrogens is 493 g/mol. The van der Waals surface area contributed by atoms with Gasteiger partial charge in [0.1, 0.15) is 9.77 Å². The van der Waals surface area contributed by atoms with Gasteiger partial charge in [-0.15, -0.1) is 11.3 Å². The Morgan fingerprint density at radius 3 is 2.47 bits per heavy atom. The number of benzene rings is 1. The number of nitrogens with zero attached hydrogens (tertiary/aromatic N) is 5. The molecule has 0 saturated carbocycles. The van der Waals surface area contributed by atoms with Gasteiger partial charge in [-0.2, -0.15) is 23.3 Å². The number of thiophene rings is 1. The van der Waals surface area contributed by atoms with Crippen LogP contribution in [0.1, 0.15) is 11.3 Å². The molecular formula is C20H13F3N6O3S2. The van der Waals surface area contributed by atoms with E-state index >= 15 is 0 Å². The first-order valence-electron chi connectivity index (χ1n) is 9.51. The molecule has 0 atom stereocenters. The Labute approximate surface area is 193 Å². The van der Waals surface area contributed by atoms with E-state index in [9.17, 15) is 21.6 Å². The molecule has 0 saturated heterocycles. The van der Waals surface area contributed by atoms with Crippen LogP contribution in [0.4, 0.5) is 13.2 Å². The van der Waals surface area contributed by atoms with Crippen molar-refractivity contribution in [3.05, 3.63) is 59.9 Å². The zero-order valence-electron chi connectivity index (χ0n) is 17.1. The summed E-state index contributed by atoms with van der Waals surface area (Å²) in [5.41, 5.74) is 1.63. The summed E-state index contributed by atoms with van der Waals surface area (Å²) in [6.07, 6.45) is -2.95. The third-order valence-electron chi connectivity index (χ3n) is 4.90. The van der Waals surface area contributed by atoms with Gasteiger partial charge in [0.15, 0.2) is 5.65 Å². The number of halogens is 3. The molecule has 0 fully saturated rings. The molecule has 0 spiro atoms. The number of alkyl halides is 3. The van der Waals surface area contributed by atoms with Crippen molar-refractivity contribution in [2.75, 3.05) is 0 Å². The Morgan fingerprint density at radius 1 is 1.09 bits per heavy atom. The standard InChI is InChI=1S/C20H13F3N6O3S2/c1-10-8-14(11-2-4-12(5-3-11)20(21,22)23)26-18-13(9-25-29(10)18)19-27-17(28-32-19)15-6-7-16(33-15)34(24,30)31/h2-9H,1H3,(H2,24,30,31). The maximum atomic E-state index is 12.9. The number of nitrogens with two attached hydrogens (primary N) is 1. The van der Waals surface area contributed by atoms with Gasteiger partial charge in [0, 0.05) is 11.3 Å². The Bertz CT molecular complexity index is 1640. The lowest BCUT2D eigenvalue weighted by Crippen LogP contribution is -2.09. The number of hydrogen-bond acceptors (Lipinski definition) is 8. The second-order valence-corrected chi connectivity index (χ2v) is 10.1. The summed E-state index contributed by atoms with van der Waals surface area (Å²) < 4.78 is 68.6. The topological polar surface area (TPSA) is 129 Å². The molecule has 0 unspecified atom stereocenters. The number of fused-ring (bicyclic) bond motifs is 1. The molecule has 0 amide bonds. The molecule has 0 aliphatic heterocycles. The molecule has 5 rings (SSSR count). The van der Waals surface area contributed by atoms with Gasteiger partial charge < -0.3 is 4.52 Å². The first-order chi connectivity index (χ1) is 16.0. The van der Waals surface area contributed by atoms with Crippen molar-refractivity contribution in [3.8, 4) is 33.4 Å². The zero-order chi connectivity index (χ0) is 24.3. The van der Waals surface area contributed by atoms with E-state index in [2.05, 4.69) is 20.2 Å². The van der Waals surface area contributed by atoms with E-state index in [1.807, 2.05) is 0 Å². The number of hydrogen-bond donors (Lipinski definition) is 1. The summed E-state index contributed by atoms with van der Waals surface area (Å²) in [6.45, 7) is 1.78. The maximum Gasteiger partial charge on any atom is 0.416 e. The van der Waals surface area contributed by atoms with Gasteiger partial charge in [-0.25, -0.2) is 23.1 Å². The minimum Gasteiger partial charge on any atom is -0.333 e. The Morgan fingerprint density at radius 2 is 1.82 bits per heavy atom. The number of sulfonamides is 1. The predicted molar refractivity (Wildman–Crippen MR) is 116 cm³/mol. The van der Waals surface area contributed by atoms with Crippen molar-refractivity contribution in [1.82, 2.24) is 24.7 Å². The van der Waals surface area contributed by atoms with Gasteiger partial charge in [0.05, 0.1) is 22.3 Å². The number of rotatable bonds is 4. The van der Waals surface area contributed by atoms with Crippen molar-refractivity contribution >= 4 is 27.0 Å². The van der Waals surface area contributed by atoms with Crippen LogP contribution in [-0.4, -0.2) is 33.2 Å². The van der Waals surface area contributed by atoms with Crippen LogP contribution in [0, 0.1) is 6.92 Å². The fourth-order valence-corrected chi connectivity index (χ4v) is 4.92. The SMILES string of the molecule is Cc1cc(-c2ccc(C(F)(F)F)cc2)nc2c(-c3nc(-c4ccc(S(N)(=O)=O)s4)no3)cnn12. The summed E-state index contributed by atoms with van der Waals surface area (Å²) in [4.78, 5) is 9.30. The van der Waals surface area contributed by atoms with Gasteiger partial charge in [0.25, 0.3) is 5.89 Å². The van der Waals surface area contributed by atoms with Crippen molar-refractivity contribution in [3.63, 3.8) is 0 Å². The molecule has 174 valence electrons. The first-order valence-corrected chi connectivity index (χ1v) is 11.9. The van der Waals surface area contributed by atoms with E-state index in [4.69, 9.17) is 9.66 Å². The molecule has 4 aromatic heterocycles. The third kappa shape index (κ3) is 3.95. The molecule has 34 heavy (non-hydrogen) atoms. The predicted octanol–water partition coefficient (Wildman–Crippen LogP) is 4.15.